The van der Waals surface area contributed by atoms with Gasteiger partial charge in [-0.05, 0) is 39.3 Å². The molecule has 1 fully saturated rings. The summed E-state index contributed by atoms with van der Waals surface area (Å²) in [6, 6.07) is -0.418. The molecule has 1 unspecified atom stereocenters. The van der Waals surface area contributed by atoms with Gasteiger partial charge < -0.3 is 10.2 Å². The number of carbonyl (C=O) groups excluding carboxylic acids is 1. The molecule has 0 aromatic carbocycles. The molecule has 0 bridgehead atoms. The van der Waals surface area contributed by atoms with E-state index in [9.17, 15) is 18.0 Å². The molecule has 1 N–H and O–H groups in total. The standard InChI is InChI=1S/C11H19F3N2O/c1-8(2)16(7-11(12,13)14)10(17)5-9-3-4-15-6-9/h8-9,15H,3-7H2,1-2H3. The Morgan fingerprint density at radius 3 is 2.53 bits per heavy atom. The second kappa shape index (κ2) is 5.71. The minimum Gasteiger partial charge on any atom is -0.331 e. The van der Waals surface area contributed by atoms with Crippen molar-refractivity contribution in [2.24, 2.45) is 5.92 Å². The fraction of sp³-hybridized carbons (Fsp3) is 0.909. The molecule has 0 aromatic heterocycles. The summed E-state index contributed by atoms with van der Waals surface area (Å²) in [6.45, 7) is 3.64. The van der Waals surface area contributed by atoms with Crippen LogP contribution in [0.4, 0.5) is 13.2 Å². The largest absolute Gasteiger partial charge is 0.406 e. The van der Waals surface area contributed by atoms with Crippen LogP contribution in [0, 0.1) is 5.92 Å². The van der Waals surface area contributed by atoms with Crippen LogP contribution in [-0.2, 0) is 4.79 Å². The fourth-order valence-corrected chi connectivity index (χ4v) is 2.00. The zero-order valence-corrected chi connectivity index (χ0v) is 10.2. The first-order valence-electron chi connectivity index (χ1n) is 5.86. The first-order valence-corrected chi connectivity index (χ1v) is 5.86. The molecular formula is C11H19F3N2O. The van der Waals surface area contributed by atoms with Gasteiger partial charge in [0.25, 0.3) is 0 Å². The monoisotopic (exact) mass is 252 g/mol. The van der Waals surface area contributed by atoms with Crippen molar-refractivity contribution in [3.63, 3.8) is 0 Å². The van der Waals surface area contributed by atoms with Crippen molar-refractivity contribution in [1.82, 2.24) is 10.2 Å². The zero-order chi connectivity index (χ0) is 13.1. The van der Waals surface area contributed by atoms with Gasteiger partial charge in [0, 0.05) is 12.5 Å². The molecule has 0 saturated carbocycles. The Bertz CT molecular complexity index is 260. The lowest BCUT2D eigenvalue weighted by molar-refractivity contribution is -0.165. The number of halogens is 3. The van der Waals surface area contributed by atoms with Gasteiger partial charge >= 0.3 is 6.18 Å². The fourth-order valence-electron chi connectivity index (χ4n) is 2.00. The van der Waals surface area contributed by atoms with E-state index in [0.717, 1.165) is 24.4 Å². The summed E-state index contributed by atoms with van der Waals surface area (Å²) in [5.41, 5.74) is 0. The Labute approximate surface area is 99.4 Å². The highest BCUT2D eigenvalue weighted by Gasteiger charge is 2.34. The second-order valence-corrected chi connectivity index (χ2v) is 4.79. The molecule has 1 aliphatic rings. The van der Waals surface area contributed by atoms with E-state index in [0.29, 0.717) is 0 Å². The Morgan fingerprint density at radius 1 is 1.47 bits per heavy atom. The lowest BCUT2D eigenvalue weighted by Gasteiger charge is -2.28. The van der Waals surface area contributed by atoms with E-state index in [4.69, 9.17) is 0 Å². The van der Waals surface area contributed by atoms with Crippen LogP contribution in [-0.4, -0.2) is 42.7 Å². The Balaban J connectivity index is 2.54. The van der Waals surface area contributed by atoms with Crippen LogP contribution in [0.1, 0.15) is 26.7 Å². The molecule has 1 saturated heterocycles. The molecular weight excluding hydrogens is 233 g/mol. The van der Waals surface area contributed by atoms with Crippen molar-refractivity contribution in [2.45, 2.75) is 38.9 Å². The maximum atomic E-state index is 12.3. The van der Waals surface area contributed by atoms with E-state index in [2.05, 4.69) is 5.32 Å². The number of alkyl halides is 3. The molecule has 1 amide bonds. The summed E-state index contributed by atoms with van der Waals surface area (Å²) in [7, 11) is 0. The third-order valence-electron chi connectivity index (χ3n) is 2.92. The van der Waals surface area contributed by atoms with E-state index in [-0.39, 0.29) is 12.3 Å². The molecule has 1 heterocycles. The van der Waals surface area contributed by atoms with E-state index in [1.54, 1.807) is 13.8 Å². The molecule has 1 atom stereocenters. The summed E-state index contributed by atoms with van der Waals surface area (Å²) < 4.78 is 37.0. The van der Waals surface area contributed by atoms with Gasteiger partial charge in [-0.3, -0.25) is 4.79 Å². The smallest absolute Gasteiger partial charge is 0.331 e. The number of nitrogens with zero attached hydrogens (tertiary/aromatic N) is 1. The van der Waals surface area contributed by atoms with Gasteiger partial charge in [-0.15, -0.1) is 0 Å². The van der Waals surface area contributed by atoms with E-state index in [1.807, 2.05) is 0 Å². The summed E-state index contributed by atoms with van der Waals surface area (Å²) in [4.78, 5) is 12.7. The van der Waals surface area contributed by atoms with Crippen LogP contribution in [0.15, 0.2) is 0 Å². The van der Waals surface area contributed by atoms with E-state index in [1.165, 1.54) is 0 Å². The molecule has 1 rings (SSSR count). The lowest BCUT2D eigenvalue weighted by atomic mass is 10.0. The summed E-state index contributed by atoms with van der Waals surface area (Å²) >= 11 is 0. The van der Waals surface area contributed by atoms with Gasteiger partial charge in [0.2, 0.25) is 5.91 Å². The van der Waals surface area contributed by atoms with Crippen molar-refractivity contribution >= 4 is 5.91 Å². The SMILES string of the molecule is CC(C)N(CC(F)(F)F)C(=O)CC1CCNC1. The van der Waals surface area contributed by atoms with Crippen molar-refractivity contribution in [2.75, 3.05) is 19.6 Å². The first-order chi connectivity index (χ1) is 7.79. The van der Waals surface area contributed by atoms with Gasteiger partial charge in [0.1, 0.15) is 6.54 Å². The predicted octanol–water partition coefficient (Wildman–Crippen LogP) is 1.79. The molecule has 0 radical (unpaired) electrons. The Hall–Kier alpha value is -0.780. The summed E-state index contributed by atoms with van der Waals surface area (Å²) in [6.07, 6.45) is -3.25. The van der Waals surface area contributed by atoms with E-state index < -0.39 is 24.7 Å². The van der Waals surface area contributed by atoms with Crippen molar-refractivity contribution < 1.29 is 18.0 Å². The second-order valence-electron chi connectivity index (χ2n) is 4.79. The molecule has 0 aliphatic carbocycles. The average molecular weight is 252 g/mol. The maximum Gasteiger partial charge on any atom is 0.406 e. The van der Waals surface area contributed by atoms with Crippen molar-refractivity contribution in [3.05, 3.63) is 0 Å². The first kappa shape index (κ1) is 14.3. The minimum absolute atomic E-state index is 0.178. The molecule has 100 valence electrons. The van der Waals surface area contributed by atoms with Crippen LogP contribution < -0.4 is 5.32 Å². The molecule has 6 heteroatoms. The number of carbonyl (C=O) groups is 1. The third-order valence-corrected chi connectivity index (χ3v) is 2.92. The van der Waals surface area contributed by atoms with Crippen LogP contribution in [0.2, 0.25) is 0 Å². The van der Waals surface area contributed by atoms with Gasteiger partial charge in [0.05, 0.1) is 0 Å². The number of hydrogen-bond acceptors (Lipinski definition) is 2. The minimum atomic E-state index is -4.33. The van der Waals surface area contributed by atoms with E-state index >= 15 is 0 Å². The van der Waals surface area contributed by atoms with Crippen LogP contribution in [0.3, 0.4) is 0 Å². The maximum absolute atomic E-state index is 12.3. The average Bonchev–Trinajstić information content (AvgIpc) is 2.64. The summed E-state index contributed by atoms with van der Waals surface area (Å²) in [5.74, 6) is -0.219. The highest BCUT2D eigenvalue weighted by atomic mass is 19.4. The topological polar surface area (TPSA) is 32.3 Å². The quantitative estimate of drug-likeness (QED) is 0.827. The molecule has 3 nitrogen and oxygen atoms in total. The predicted molar refractivity (Wildman–Crippen MR) is 58.5 cm³/mol. The number of rotatable bonds is 4. The Morgan fingerprint density at radius 2 is 2.12 bits per heavy atom. The zero-order valence-electron chi connectivity index (χ0n) is 10.2. The van der Waals surface area contributed by atoms with Crippen LogP contribution in [0.25, 0.3) is 0 Å². The highest BCUT2D eigenvalue weighted by molar-refractivity contribution is 5.76. The Kier molecular flexibility index (Phi) is 4.80. The number of nitrogens with one attached hydrogen (secondary N) is 1. The van der Waals surface area contributed by atoms with Crippen LogP contribution in [0.5, 0.6) is 0 Å². The third kappa shape index (κ3) is 4.93. The van der Waals surface area contributed by atoms with Crippen LogP contribution >= 0.6 is 0 Å². The highest BCUT2D eigenvalue weighted by Crippen LogP contribution is 2.21. The molecule has 0 aromatic rings. The normalized spacial score (nSPS) is 20.9. The summed E-state index contributed by atoms with van der Waals surface area (Å²) in [5, 5.41) is 3.10. The van der Waals surface area contributed by atoms with Gasteiger partial charge in [0.15, 0.2) is 0 Å². The number of hydrogen-bond donors (Lipinski definition) is 1. The van der Waals surface area contributed by atoms with Crippen molar-refractivity contribution in [3.8, 4) is 0 Å². The lowest BCUT2D eigenvalue weighted by Crippen LogP contribution is -2.44. The van der Waals surface area contributed by atoms with Gasteiger partial charge in [-0.25, -0.2) is 0 Å². The molecule has 17 heavy (non-hydrogen) atoms. The van der Waals surface area contributed by atoms with Gasteiger partial charge in [-0.2, -0.15) is 13.2 Å². The molecule has 0 spiro atoms. The molecule has 1 aliphatic heterocycles. The number of amides is 1. The van der Waals surface area contributed by atoms with Crippen molar-refractivity contribution in [1.29, 1.82) is 0 Å². The van der Waals surface area contributed by atoms with Gasteiger partial charge in [-0.1, -0.05) is 0 Å².